The molecule has 0 saturated heterocycles. The maximum atomic E-state index is 12.7. The summed E-state index contributed by atoms with van der Waals surface area (Å²) in [5.41, 5.74) is 2.14. The summed E-state index contributed by atoms with van der Waals surface area (Å²) in [5, 5.41) is 14.2. The molecule has 1 amide bonds. The van der Waals surface area contributed by atoms with Gasteiger partial charge in [0.1, 0.15) is 5.75 Å². The summed E-state index contributed by atoms with van der Waals surface area (Å²) in [5.74, 6) is 0.113. The van der Waals surface area contributed by atoms with Crippen molar-refractivity contribution in [2.45, 2.75) is 26.3 Å². The van der Waals surface area contributed by atoms with Crippen LogP contribution in [0.2, 0.25) is 0 Å². The van der Waals surface area contributed by atoms with Crippen molar-refractivity contribution >= 4 is 5.91 Å². The molecule has 2 rings (SSSR count). The van der Waals surface area contributed by atoms with Gasteiger partial charge in [0.05, 0.1) is 17.3 Å². The minimum atomic E-state index is -0.219. The first-order chi connectivity index (χ1) is 9.95. The lowest BCUT2D eigenvalue weighted by Gasteiger charge is -2.25. The number of rotatable bonds is 4. The molecule has 0 spiro atoms. The number of aromatic hydroxyl groups is 1. The van der Waals surface area contributed by atoms with Crippen LogP contribution in [-0.2, 0) is 13.5 Å². The van der Waals surface area contributed by atoms with E-state index in [1.165, 1.54) is 0 Å². The predicted octanol–water partition coefficient (Wildman–Crippen LogP) is 2.52. The molecule has 112 valence electrons. The summed E-state index contributed by atoms with van der Waals surface area (Å²) >= 11 is 0. The van der Waals surface area contributed by atoms with Crippen LogP contribution in [0.5, 0.6) is 5.75 Å². The van der Waals surface area contributed by atoms with Crippen LogP contribution in [0.1, 0.15) is 41.5 Å². The highest BCUT2D eigenvalue weighted by atomic mass is 16.3. The van der Waals surface area contributed by atoms with Crippen LogP contribution in [-0.4, -0.2) is 32.7 Å². The SMILES string of the molecule is CCc1nn(C)cc1C(=O)N(C)C(C)c1ccccc1O. The third-order valence-corrected chi connectivity index (χ3v) is 3.76. The standard InChI is InChI=1S/C16H21N3O2/c1-5-14-13(10-18(3)17-14)16(21)19(4)11(2)12-8-6-7-9-15(12)20/h6-11,20H,5H2,1-4H3. The van der Waals surface area contributed by atoms with Gasteiger partial charge in [-0.1, -0.05) is 25.1 Å². The molecule has 1 aromatic carbocycles. The molecule has 0 fully saturated rings. The molecule has 21 heavy (non-hydrogen) atoms. The Morgan fingerprint density at radius 2 is 2.10 bits per heavy atom. The molecule has 1 atom stereocenters. The first-order valence-electron chi connectivity index (χ1n) is 7.03. The maximum Gasteiger partial charge on any atom is 0.257 e. The van der Waals surface area contributed by atoms with Crippen molar-refractivity contribution in [1.29, 1.82) is 0 Å². The highest BCUT2D eigenvalue weighted by Gasteiger charge is 2.24. The minimum absolute atomic E-state index is 0.0873. The van der Waals surface area contributed by atoms with Crippen molar-refractivity contribution in [2.75, 3.05) is 7.05 Å². The monoisotopic (exact) mass is 287 g/mol. The van der Waals surface area contributed by atoms with E-state index >= 15 is 0 Å². The van der Waals surface area contributed by atoms with Crippen molar-refractivity contribution in [3.8, 4) is 5.75 Å². The third kappa shape index (κ3) is 2.91. The number of carbonyl (C=O) groups is 1. The number of phenolic OH excluding ortho intramolecular Hbond substituents is 1. The Bertz CT molecular complexity index is 649. The van der Waals surface area contributed by atoms with Gasteiger partial charge in [-0.15, -0.1) is 0 Å². The van der Waals surface area contributed by atoms with E-state index in [-0.39, 0.29) is 17.7 Å². The van der Waals surface area contributed by atoms with Gasteiger partial charge in [0, 0.05) is 25.9 Å². The van der Waals surface area contributed by atoms with Crippen molar-refractivity contribution in [3.63, 3.8) is 0 Å². The van der Waals surface area contributed by atoms with E-state index in [4.69, 9.17) is 0 Å². The zero-order valence-corrected chi connectivity index (χ0v) is 12.9. The molecule has 5 nitrogen and oxygen atoms in total. The Kier molecular flexibility index (Phi) is 4.31. The largest absolute Gasteiger partial charge is 0.508 e. The first kappa shape index (κ1) is 15.1. The molecule has 0 aliphatic carbocycles. The fourth-order valence-electron chi connectivity index (χ4n) is 2.39. The summed E-state index contributed by atoms with van der Waals surface area (Å²) in [4.78, 5) is 14.3. The number of amides is 1. The number of aromatic nitrogens is 2. The van der Waals surface area contributed by atoms with Gasteiger partial charge in [-0.05, 0) is 19.4 Å². The van der Waals surface area contributed by atoms with Crippen molar-refractivity contribution in [2.24, 2.45) is 7.05 Å². The van der Waals surface area contributed by atoms with Crippen molar-refractivity contribution in [3.05, 3.63) is 47.3 Å². The molecule has 0 aliphatic rings. The topological polar surface area (TPSA) is 58.4 Å². The molecule has 0 aliphatic heterocycles. The van der Waals surface area contributed by atoms with Gasteiger partial charge in [-0.25, -0.2) is 0 Å². The Labute approximate surface area is 124 Å². The number of benzene rings is 1. The normalized spacial score (nSPS) is 12.2. The lowest BCUT2D eigenvalue weighted by molar-refractivity contribution is 0.0740. The van der Waals surface area contributed by atoms with E-state index in [1.54, 1.807) is 35.0 Å². The Hall–Kier alpha value is -2.30. The van der Waals surface area contributed by atoms with Gasteiger partial charge in [0.25, 0.3) is 5.91 Å². The second-order valence-electron chi connectivity index (χ2n) is 5.17. The number of aryl methyl sites for hydroxylation is 2. The summed E-state index contributed by atoms with van der Waals surface area (Å²) in [6, 6.07) is 6.86. The van der Waals surface area contributed by atoms with Gasteiger partial charge in [-0.2, -0.15) is 5.10 Å². The van der Waals surface area contributed by atoms with Crippen LogP contribution >= 0.6 is 0 Å². The lowest BCUT2D eigenvalue weighted by atomic mass is 10.0. The number of carbonyl (C=O) groups excluding carboxylic acids is 1. The highest BCUT2D eigenvalue weighted by Crippen LogP contribution is 2.28. The third-order valence-electron chi connectivity index (χ3n) is 3.76. The molecule has 1 N–H and O–H groups in total. The van der Waals surface area contributed by atoms with E-state index in [1.807, 2.05) is 33.0 Å². The second-order valence-corrected chi connectivity index (χ2v) is 5.17. The molecular formula is C16H21N3O2. The minimum Gasteiger partial charge on any atom is -0.508 e. The van der Waals surface area contributed by atoms with E-state index in [0.717, 1.165) is 11.3 Å². The van der Waals surface area contributed by atoms with Crippen molar-refractivity contribution < 1.29 is 9.90 Å². The van der Waals surface area contributed by atoms with Crippen LogP contribution < -0.4 is 0 Å². The van der Waals surface area contributed by atoms with E-state index in [0.29, 0.717) is 12.0 Å². The number of para-hydroxylation sites is 1. The molecule has 0 radical (unpaired) electrons. The molecule has 5 heteroatoms. The van der Waals surface area contributed by atoms with Crippen LogP contribution in [0.3, 0.4) is 0 Å². The van der Waals surface area contributed by atoms with Gasteiger partial charge >= 0.3 is 0 Å². The number of nitrogens with zero attached hydrogens (tertiary/aromatic N) is 3. The Morgan fingerprint density at radius 1 is 1.43 bits per heavy atom. The molecule has 2 aromatic rings. The lowest BCUT2D eigenvalue weighted by Crippen LogP contribution is -2.30. The Balaban J connectivity index is 2.28. The summed E-state index contributed by atoms with van der Waals surface area (Å²) in [6.07, 6.45) is 2.45. The second kappa shape index (κ2) is 5.99. The van der Waals surface area contributed by atoms with E-state index < -0.39 is 0 Å². The smallest absolute Gasteiger partial charge is 0.257 e. The van der Waals surface area contributed by atoms with Crippen LogP contribution in [0, 0.1) is 0 Å². The van der Waals surface area contributed by atoms with Gasteiger partial charge < -0.3 is 10.0 Å². The molecule has 1 unspecified atom stereocenters. The quantitative estimate of drug-likeness (QED) is 0.940. The first-order valence-corrected chi connectivity index (χ1v) is 7.03. The number of phenols is 1. The summed E-state index contributed by atoms with van der Waals surface area (Å²) < 4.78 is 1.66. The fourth-order valence-corrected chi connectivity index (χ4v) is 2.39. The van der Waals surface area contributed by atoms with Gasteiger partial charge in [0.2, 0.25) is 0 Å². The van der Waals surface area contributed by atoms with E-state index in [2.05, 4.69) is 5.10 Å². The zero-order chi connectivity index (χ0) is 15.6. The summed E-state index contributed by atoms with van der Waals surface area (Å²) in [7, 11) is 3.55. The molecule has 0 bridgehead atoms. The molecule has 0 saturated carbocycles. The fraction of sp³-hybridized carbons (Fsp3) is 0.375. The van der Waals surface area contributed by atoms with Gasteiger partial charge in [-0.3, -0.25) is 9.48 Å². The highest BCUT2D eigenvalue weighted by molar-refractivity contribution is 5.95. The molecular weight excluding hydrogens is 266 g/mol. The summed E-state index contributed by atoms with van der Waals surface area (Å²) in [6.45, 7) is 3.88. The maximum absolute atomic E-state index is 12.7. The van der Waals surface area contributed by atoms with Crippen LogP contribution in [0.25, 0.3) is 0 Å². The van der Waals surface area contributed by atoms with Crippen LogP contribution in [0.15, 0.2) is 30.5 Å². The van der Waals surface area contributed by atoms with Crippen LogP contribution in [0.4, 0.5) is 0 Å². The average Bonchev–Trinajstić information content (AvgIpc) is 2.86. The molecule has 1 aromatic heterocycles. The predicted molar refractivity (Wildman–Crippen MR) is 81.2 cm³/mol. The van der Waals surface area contributed by atoms with Crippen molar-refractivity contribution in [1.82, 2.24) is 14.7 Å². The zero-order valence-electron chi connectivity index (χ0n) is 12.9. The Morgan fingerprint density at radius 3 is 2.71 bits per heavy atom. The van der Waals surface area contributed by atoms with Gasteiger partial charge in [0.15, 0.2) is 0 Å². The average molecular weight is 287 g/mol. The number of hydrogen-bond acceptors (Lipinski definition) is 3. The van der Waals surface area contributed by atoms with E-state index in [9.17, 15) is 9.90 Å². The molecule has 1 heterocycles. The number of hydrogen-bond donors (Lipinski definition) is 1.